The first-order chi connectivity index (χ1) is 6.66. The standard InChI is InChI=1S/C9H13N5/c1-6-5-14(13-9(6)10)8-4-3-7(2)11-12-8/h3-4,6H,5H2,1-2H3,(H2,10,13). The summed E-state index contributed by atoms with van der Waals surface area (Å²) in [5.41, 5.74) is 6.60. The number of anilines is 1. The number of nitrogens with two attached hydrogens (primary N) is 1. The minimum atomic E-state index is 0.290. The molecule has 1 aromatic heterocycles. The second-order valence-electron chi connectivity index (χ2n) is 3.54. The van der Waals surface area contributed by atoms with Crippen molar-refractivity contribution in [1.29, 1.82) is 0 Å². The summed E-state index contributed by atoms with van der Waals surface area (Å²) in [5.74, 6) is 1.70. The van der Waals surface area contributed by atoms with Crippen LogP contribution in [0.1, 0.15) is 12.6 Å². The highest BCUT2D eigenvalue weighted by Crippen LogP contribution is 2.17. The van der Waals surface area contributed by atoms with Crippen molar-refractivity contribution in [2.24, 2.45) is 16.8 Å². The highest BCUT2D eigenvalue weighted by atomic mass is 15.5. The molecule has 5 nitrogen and oxygen atoms in total. The molecule has 0 fully saturated rings. The summed E-state index contributed by atoms with van der Waals surface area (Å²) < 4.78 is 0. The minimum Gasteiger partial charge on any atom is -0.385 e. The van der Waals surface area contributed by atoms with Gasteiger partial charge in [-0.15, -0.1) is 5.10 Å². The van der Waals surface area contributed by atoms with Crippen LogP contribution in [0.4, 0.5) is 5.82 Å². The number of nitrogens with zero attached hydrogens (tertiary/aromatic N) is 4. The van der Waals surface area contributed by atoms with Gasteiger partial charge < -0.3 is 5.73 Å². The molecule has 0 aromatic carbocycles. The molecule has 2 heterocycles. The molecule has 0 spiro atoms. The Labute approximate surface area is 82.6 Å². The number of hydrazone groups is 1. The van der Waals surface area contributed by atoms with E-state index >= 15 is 0 Å². The van der Waals surface area contributed by atoms with Gasteiger partial charge in [-0.3, -0.25) is 0 Å². The van der Waals surface area contributed by atoms with Crippen LogP contribution in [-0.4, -0.2) is 22.6 Å². The third-order valence-electron chi connectivity index (χ3n) is 2.24. The molecule has 5 heteroatoms. The summed E-state index contributed by atoms with van der Waals surface area (Å²) in [4.78, 5) is 0. The molecular weight excluding hydrogens is 178 g/mol. The molecule has 1 aliphatic heterocycles. The lowest BCUT2D eigenvalue weighted by molar-refractivity contribution is 0.754. The SMILES string of the molecule is Cc1ccc(N2CC(C)C(N)=N2)nn1. The molecule has 0 radical (unpaired) electrons. The molecule has 0 aliphatic carbocycles. The smallest absolute Gasteiger partial charge is 0.171 e. The van der Waals surface area contributed by atoms with Crippen LogP contribution in [0, 0.1) is 12.8 Å². The average Bonchev–Trinajstić information content (AvgIpc) is 2.48. The van der Waals surface area contributed by atoms with Crippen LogP contribution in [0.15, 0.2) is 17.2 Å². The molecule has 0 saturated heterocycles. The van der Waals surface area contributed by atoms with Gasteiger partial charge in [-0.2, -0.15) is 10.2 Å². The van der Waals surface area contributed by atoms with Crippen LogP contribution in [0.5, 0.6) is 0 Å². The molecule has 0 amide bonds. The van der Waals surface area contributed by atoms with Crippen molar-refractivity contribution in [1.82, 2.24) is 10.2 Å². The zero-order valence-corrected chi connectivity index (χ0v) is 8.31. The number of aryl methyl sites for hydroxylation is 1. The molecule has 1 atom stereocenters. The Morgan fingerprint density at radius 1 is 1.43 bits per heavy atom. The lowest BCUT2D eigenvalue weighted by atomic mass is 10.2. The topological polar surface area (TPSA) is 67.4 Å². The Balaban J connectivity index is 2.22. The highest BCUT2D eigenvalue weighted by Gasteiger charge is 2.22. The van der Waals surface area contributed by atoms with Gasteiger partial charge in [-0.1, -0.05) is 6.92 Å². The molecule has 14 heavy (non-hydrogen) atoms. The predicted molar refractivity (Wildman–Crippen MR) is 54.9 cm³/mol. The van der Waals surface area contributed by atoms with Crippen molar-refractivity contribution in [3.63, 3.8) is 0 Å². The number of hydrogen-bond donors (Lipinski definition) is 1. The second kappa shape index (κ2) is 3.25. The fourth-order valence-electron chi connectivity index (χ4n) is 1.31. The van der Waals surface area contributed by atoms with Crippen molar-refractivity contribution in [3.8, 4) is 0 Å². The largest absolute Gasteiger partial charge is 0.385 e. The molecule has 74 valence electrons. The summed E-state index contributed by atoms with van der Waals surface area (Å²) in [6.45, 7) is 4.73. The quantitative estimate of drug-likeness (QED) is 0.702. The first-order valence-electron chi connectivity index (χ1n) is 4.58. The van der Waals surface area contributed by atoms with Gasteiger partial charge >= 0.3 is 0 Å². The lowest BCUT2D eigenvalue weighted by Gasteiger charge is -2.11. The zero-order chi connectivity index (χ0) is 10.1. The van der Waals surface area contributed by atoms with Gasteiger partial charge in [0.15, 0.2) is 5.82 Å². The fraction of sp³-hybridized carbons (Fsp3) is 0.444. The van der Waals surface area contributed by atoms with Crippen molar-refractivity contribution >= 4 is 11.7 Å². The lowest BCUT2D eigenvalue weighted by Crippen LogP contribution is -2.20. The van der Waals surface area contributed by atoms with Crippen LogP contribution in [0.3, 0.4) is 0 Å². The van der Waals surface area contributed by atoms with Crippen molar-refractivity contribution in [2.45, 2.75) is 13.8 Å². The van der Waals surface area contributed by atoms with E-state index < -0.39 is 0 Å². The maximum atomic E-state index is 5.70. The monoisotopic (exact) mass is 191 g/mol. The molecule has 1 aliphatic rings. The van der Waals surface area contributed by atoms with E-state index in [1.54, 1.807) is 5.01 Å². The maximum Gasteiger partial charge on any atom is 0.171 e. The summed E-state index contributed by atoms with van der Waals surface area (Å²) in [7, 11) is 0. The van der Waals surface area contributed by atoms with Gasteiger partial charge in [0.2, 0.25) is 0 Å². The van der Waals surface area contributed by atoms with Crippen molar-refractivity contribution in [2.75, 3.05) is 11.6 Å². The zero-order valence-electron chi connectivity index (χ0n) is 8.31. The van der Waals surface area contributed by atoms with Crippen molar-refractivity contribution < 1.29 is 0 Å². The predicted octanol–water partition coefficient (Wildman–Crippen LogP) is 0.513. The first kappa shape index (κ1) is 8.93. The van der Waals surface area contributed by atoms with E-state index in [2.05, 4.69) is 15.3 Å². The number of aromatic nitrogens is 2. The van der Waals surface area contributed by atoms with E-state index in [1.165, 1.54) is 0 Å². The van der Waals surface area contributed by atoms with E-state index in [9.17, 15) is 0 Å². The molecule has 2 rings (SSSR count). The Kier molecular flexibility index (Phi) is 2.07. The van der Waals surface area contributed by atoms with Crippen LogP contribution < -0.4 is 10.7 Å². The van der Waals surface area contributed by atoms with Gasteiger partial charge in [-0.05, 0) is 19.1 Å². The molecule has 0 saturated carbocycles. The maximum absolute atomic E-state index is 5.70. The van der Waals surface area contributed by atoms with E-state index in [1.807, 2.05) is 26.0 Å². The number of hydrogen-bond acceptors (Lipinski definition) is 5. The number of amidine groups is 1. The Morgan fingerprint density at radius 2 is 2.21 bits per heavy atom. The minimum absolute atomic E-state index is 0.290. The van der Waals surface area contributed by atoms with Crippen molar-refractivity contribution in [3.05, 3.63) is 17.8 Å². The molecule has 1 aromatic rings. The summed E-state index contributed by atoms with van der Waals surface area (Å²) in [6, 6.07) is 3.81. The second-order valence-corrected chi connectivity index (χ2v) is 3.54. The molecule has 2 N–H and O–H groups in total. The van der Waals surface area contributed by atoms with Gasteiger partial charge in [0.05, 0.1) is 12.2 Å². The molecule has 1 unspecified atom stereocenters. The van der Waals surface area contributed by atoms with Crippen LogP contribution in [0.25, 0.3) is 0 Å². The number of rotatable bonds is 1. The highest BCUT2D eigenvalue weighted by molar-refractivity contribution is 5.86. The van der Waals surface area contributed by atoms with Gasteiger partial charge in [0.1, 0.15) is 5.84 Å². The normalized spacial score (nSPS) is 21.1. The van der Waals surface area contributed by atoms with E-state index in [0.717, 1.165) is 18.1 Å². The third-order valence-corrected chi connectivity index (χ3v) is 2.24. The Hall–Kier alpha value is -1.65. The van der Waals surface area contributed by atoms with Crippen LogP contribution in [-0.2, 0) is 0 Å². The van der Waals surface area contributed by atoms with E-state index in [-0.39, 0.29) is 5.92 Å². The average molecular weight is 191 g/mol. The summed E-state index contributed by atoms with van der Waals surface area (Å²) >= 11 is 0. The fourth-order valence-corrected chi connectivity index (χ4v) is 1.31. The summed E-state index contributed by atoms with van der Waals surface area (Å²) in [6.07, 6.45) is 0. The van der Waals surface area contributed by atoms with Crippen LogP contribution in [0.2, 0.25) is 0 Å². The van der Waals surface area contributed by atoms with Gasteiger partial charge in [0.25, 0.3) is 0 Å². The summed E-state index contributed by atoms with van der Waals surface area (Å²) in [5, 5.41) is 14.0. The third kappa shape index (κ3) is 1.53. The molecular formula is C9H13N5. The molecule has 0 bridgehead atoms. The van der Waals surface area contributed by atoms with E-state index in [0.29, 0.717) is 5.84 Å². The van der Waals surface area contributed by atoms with Gasteiger partial charge in [-0.25, -0.2) is 5.01 Å². The van der Waals surface area contributed by atoms with Crippen LogP contribution >= 0.6 is 0 Å². The Bertz CT molecular complexity index is 356. The van der Waals surface area contributed by atoms with E-state index in [4.69, 9.17) is 5.73 Å². The first-order valence-corrected chi connectivity index (χ1v) is 4.58. The Morgan fingerprint density at radius 3 is 2.71 bits per heavy atom. The van der Waals surface area contributed by atoms with Gasteiger partial charge in [0, 0.05) is 5.92 Å².